The highest BCUT2D eigenvalue weighted by atomic mass is 32.1. The summed E-state index contributed by atoms with van der Waals surface area (Å²) in [6, 6.07) is 9.68. The molecule has 0 bridgehead atoms. The number of thiophene rings is 1. The molecular formula is C19H23NO3S. The van der Waals surface area contributed by atoms with Crippen LogP contribution in [0.15, 0.2) is 30.3 Å². The number of methoxy groups -OCH3 is 1. The molecule has 0 aliphatic rings. The van der Waals surface area contributed by atoms with Crippen LogP contribution in [0.2, 0.25) is 0 Å². The molecule has 2 rings (SSSR count). The van der Waals surface area contributed by atoms with Gasteiger partial charge in [0.15, 0.2) is 0 Å². The van der Waals surface area contributed by atoms with E-state index in [1.54, 1.807) is 0 Å². The minimum absolute atomic E-state index is 0.0993. The van der Waals surface area contributed by atoms with Gasteiger partial charge in [-0.1, -0.05) is 44.2 Å². The van der Waals surface area contributed by atoms with Gasteiger partial charge in [0.25, 0.3) is 0 Å². The van der Waals surface area contributed by atoms with Crippen LogP contribution in [0.5, 0.6) is 0 Å². The fraction of sp³-hybridized carbons (Fsp3) is 0.368. The summed E-state index contributed by atoms with van der Waals surface area (Å²) in [4.78, 5) is 25.9. The maximum atomic E-state index is 12.8. The summed E-state index contributed by atoms with van der Waals surface area (Å²) < 4.78 is 4.90. The van der Waals surface area contributed by atoms with Crippen LogP contribution in [0, 0.1) is 6.92 Å². The minimum atomic E-state index is -0.403. The number of esters is 1. The molecule has 0 saturated carbocycles. The predicted molar refractivity (Wildman–Crippen MR) is 97.9 cm³/mol. The van der Waals surface area contributed by atoms with Gasteiger partial charge in [0.1, 0.15) is 5.00 Å². The molecule has 1 heterocycles. The Morgan fingerprint density at radius 2 is 1.88 bits per heavy atom. The molecule has 1 aromatic carbocycles. The van der Waals surface area contributed by atoms with E-state index in [0.717, 1.165) is 22.4 Å². The van der Waals surface area contributed by atoms with E-state index in [1.165, 1.54) is 18.4 Å². The summed E-state index contributed by atoms with van der Waals surface area (Å²) in [7, 11) is 1.36. The van der Waals surface area contributed by atoms with Gasteiger partial charge >= 0.3 is 5.97 Å². The molecule has 0 spiro atoms. The number of carbonyl (C=O) groups is 2. The van der Waals surface area contributed by atoms with E-state index in [0.29, 0.717) is 17.0 Å². The average molecular weight is 345 g/mol. The lowest BCUT2D eigenvalue weighted by molar-refractivity contribution is -0.117. The maximum absolute atomic E-state index is 12.8. The van der Waals surface area contributed by atoms with Crippen molar-refractivity contribution in [1.29, 1.82) is 0 Å². The first-order valence-electron chi connectivity index (χ1n) is 8.09. The van der Waals surface area contributed by atoms with Crippen molar-refractivity contribution in [2.45, 2.75) is 39.5 Å². The highest BCUT2D eigenvalue weighted by molar-refractivity contribution is 7.16. The van der Waals surface area contributed by atoms with E-state index < -0.39 is 5.97 Å². The quantitative estimate of drug-likeness (QED) is 0.782. The highest BCUT2D eigenvalue weighted by Gasteiger charge is 2.25. The topological polar surface area (TPSA) is 55.4 Å². The number of amides is 1. The Kier molecular flexibility index (Phi) is 6.15. The van der Waals surface area contributed by atoms with Crippen LogP contribution in [0.1, 0.15) is 52.5 Å². The Morgan fingerprint density at radius 1 is 1.21 bits per heavy atom. The van der Waals surface area contributed by atoms with Gasteiger partial charge in [0.2, 0.25) is 5.91 Å². The monoisotopic (exact) mass is 345 g/mol. The van der Waals surface area contributed by atoms with Crippen molar-refractivity contribution in [3.05, 3.63) is 51.9 Å². The van der Waals surface area contributed by atoms with Crippen LogP contribution in [-0.2, 0) is 16.0 Å². The SMILES string of the molecule is CCc1c(C)sc(NC(=O)C(CC)c2ccccc2)c1C(=O)OC. The first-order valence-corrected chi connectivity index (χ1v) is 8.91. The molecule has 1 aromatic heterocycles. The lowest BCUT2D eigenvalue weighted by Crippen LogP contribution is -2.21. The zero-order valence-corrected chi connectivity index (χ0v) is 15.3. The van der Waals surface area contributed by atoms with E-state index in [1.807, 2.05) is 51.1 Å². The Morgan fingerprint density at radius 3 is 2.42 bits per heavy atom. The van der Waals surface area contributed by atoms with Gasteiger partial charge in [-0.3, -0.25) is 4.79 Å². The molecule has 0 aliphatic carbocycles. The number of hydrogen-bond donors (Lipinski definition) is 1. The van der Waals surface area contributed by atoms with Gasteiger partial charge in [-0.2, -0.15) is 0 Å². The molecule has 0 aliphatic heterocycles. The van der Waals surface area contributed by atoms with Crippen LogP contribution in [0.4, 0.5) is 5.00 Å². The van der Waals surface area contributed by atoms with Crippen LogP contribution < -0.4 is 5.32 Å². The second-order valence-corrected chi connectivity index (χ2v) is 6.77. The van der Waals surface area contributed by atoms with Crippen molar-refractivity contribution in [3.63, 3.8) is 0 Å². The number of ether oxygens (including phenoxy) is 1. The van der Waals surface area contributed by atoms with Gasteiger partial charge in [-0.25, -0.2) is 4.79 Å². The van der Waals surface area contributed by atoms with Crippen molar-refractivity contribution in [1.82, 2.24) is 0 Å². The molecule has 24 heavy (non-hydrogen) atoms. The zero-order chi connectivity index (χ0) is 17.7. The fourth-order valence-corrected chi connectivity index (χ4v) is 4.00. The number of benzene rings is 1. The molecule has 2 aromatic rings. The Balaban J connectivity index is 2.33. The van der Waals surface area contributed by atoms with Crippen molar-refractivity contribution in [3.8, 4) is 0 Å². The minimum Gasteiger partial charge on any atom is -0.465 e. The van der Waals surface area contributed by atoms with Crippen molar-refractivity contribution >= 4 is 28.2 Å². The Labute approximate surface area is 146 Å². The van der Waals surface area contributed by atoms with E-state index in [2.05, 4.69) is 5.32 Å². The first-order chi connectivity index (χ1) is 11.5. The van der Waals surface area contributed by atoms with Crippen LogP contribution in [0.25, 0.3) is 0 Å². The average Bonchev–Trinajstić information content (AvgIpc) is 2.90. The molecule has 4 nitrogen and oxygen atoms in total. The van der Waals surface area contributed by atoms with Crippen LogP contribution >= 0.6 is 11.3 Å². The summed E-state index contributed by atoms with van der Waals surface area (Å²) in [5, 5.41) is 3.53. The molecule has 128 valence electrons. The fourth-order valence-electron chi connectivity index (χ4n) is 2.87. The number of nitrogens with one attached hydrogen (secondary N) is 1. The van der Waals surface area contributed by atoms with Crippen molar-refractivity contribution in [2.75, 3.05) is 12.4 Å². The van der Waals surface area contributed by atoms with Gasteiger partial charge in [-0.05, 0) is 30.9 Å². The first kappa shape index (κ1) is 18.2. The lowest BCUT2D eigenvalue weighted by Gasteiger charge is -2.15. The number of carbonyl (C=O) groups excluding carboxylic acids is 2. The second-order valence-electron chi connectivity index (χ2n) is 5.55. The second kappa shape index (κ2) is 8.11. The van der Waals surface area contributed by atoms with E-state index >= 15 is 0 Å². The van der Waals surface area contributed by atoms with Crippen molar-refractivity contribution < 1.29 is 14.3 Å². The molecule has 0 saturated heterocycles. The summed E-state index contributed by atoms with van der Waals surface area (Å²) in [6.07, 6.45) is 1.41. The predicted octanol–water partition coefficient (Wildman–Crippen LogP) is 4.54. The number of anilines is 1. The molecule has 0 radical (unpaired) electrons. The standard InChI is InChI=1S/C19H23NO3S/c1-5-14-12(3)24-18(16(14)19(22)23-4)20-17(21)15(6-2)13-10-8-7-9-11-13/h7-11,15H,5-6H2,1-4H3,(H,20,21). The summed E-state index contributed by atoms with van der Waals surface area (Å²) in [5.41, 5.74) is 2.40. The van der Waals surface area contributed by atoms with Gasteiger partial charge in [-0.15, -0.1) is 11.3 Å². The highest BCUT2D eigenvalue weighted by Crippen LogP contribution is 2.35. The summed E-state index contributed by atoms with van der Waals surface area (Å²) in [6.45, 7) is 5.93. The summed E-state index contributed by atoms with van der Waals surface area (Å²) >= 11 is 1.43. The number of aryl methyl sites for hydroxylation is 1. The largest absolute Gasteiger partial charge is 0.465 e. The normalized spacial score (nSPS) is 11.8. The van der Waals surface area contributed by atoms with Crippen LogP contribution in [-0.4, -0.2) is 19.0 Å². The summed E-state index contributed by atoms with van der Waals surface area (Å²) in [5.74, 6) is -0.749. The van der Waals surface area contributed by atoms with E-state index in [-0.39, 0.29) is 11.8 Å². The Hall–Kier alpha value is -2.14. The molecular weight excluding hydrogens is 322 g/mol. The number of hydrogen-bond acceptors (Lipinski definition) is 4. The zero-order valence-electron chi connectivity index (χ0n) is 14.5. The van der Waals surface area contributed by atoms with E-state index in [9.17, 15) is 9.59 Å². The molecule has 0 fully saturated rings. The molecule has 1 amide bonds. The van der Waals surface area contributed by atoms with Gasteiger partial charge in [0, 0.05) is 4.88 Å². The van der Waals surface area contributed by atoms with Crippen LogP contribution in [0.3, 0.4) is 0 Å². The van der Waals surface area contributed by atoms with Crippen molar-refractivity contribution in [2.24, 2.45) is 0 Å². The third-order valence-corrected chi connectivity index (χ3v) is 5.18. The van der Waals surface area contributed by atoms with Gasteiger partial charge in [0.05, 0.1) is 18.6 Å². The maximum Gasteiger partial charge on any atom is 0.341 e. The van der Waals surface area contributed by atoms with Gasteiger partial charge < -0.3 is 10.1 Å². The third kappa shape index (κ3) is 3.67. The Bertz CT molecular complexity index is 722. The number of rotatable bonds is 6. The third-order valence-electron chi connectivity index (χ3n) is 4.12. The molecule has 1 N–H and O–H groups in total. The molecule has 5 heteroatoms. The smallest absolute Gasteiger partial charge is 0.341 e. The molecule has 1 atom stereocenters. The van der Waals surface area contributed by atoms with E-state index in [4.69, 9.17) is 4.74 Å². The molecule has 1 unspecified atom stereocenters. The lowest BCUT2D eigenvalue weighted by atomic mass is 9.95.